The second-order valence-corrected chi connectivity index (χ2v) is 19.4. The SMILES string of the molecule is CC(C)(C)c1cc2c([c-]c1-c1ccccc1)Cc1cc(-c3ccccc3)c(C(C)(C)C)cc1-2.[Cl-].[Zr]=[C](CC1CCCC1)CC1CCCC1.c1cc[cH-]c1. The summed E-state index contributed by atoms with van der Waals surface area (Å²) in [4.78, 5) is 0. The van der Waals surface area contributed by atoms with E-state index in [9.17, 15) is 0 Å². The van der Waals surface area contributed by atoms with Crippen molar-refractivity contribution in [1.82, 2.24) is 0 Å². The molecule has 53 heavy (non-hydrogen) atoms. The van der Waals surface area contributed by atoms with E-state index < -0.39 is 0 Å². The van der Waals surface area contributed by atoms with E-state index in [0.717, 1.165) is 18.3 Å². The Labute approximate surface area is 343 Å². The molecule has 0 unspecified atom stereocenters. The second kappa shape index (κ2) is 18.7. The second-order valence-electron chi connectivity index (χ2n) is 17.7. The first kappa shape index (κ1) is 41.4. The normalized spacial score (nSPS) is 15.3. The van der Waals surface area contributed by atoms with Crippen LogP contribution in [0.5, 0.6) is 0 Å². The summed E-state index contributed by atoms with van der Waals surface area (Å²) in [5.41, 5.74) is 13.5. The third-order valence-electron chi connectivity index (χ3n) is 11.4. The van der Waals surface area contributed by atoms with Gasteiger partial charge in [-0.2, -0.15) is 18.2 Å². The smallest absolute Gasteiger partial charge is 0.172 e. The van der Waals surface area contributed by atoms with Crippen LogP contribution in [0.4, 0.5) is 0 Å². The molecule has 3 aliphatic carbocycles. The van der Waals surface area contributed by atoms with Gasteiger partial charge < -0.3 is 12.4 Å². The van der Waals surface area contributed by atoms with Gasteiger partial charge in [0, 0.05) is 0 Å². The molecule has 5 aromatic carbocycles. The summed E-state index contributed by atoms with van der Waals surface area (Å²) >= 11 is 1.74. The maximum atomic E-state index is 3.88. The summed E-state index contributed by atoms with van der Waals surface area (Å²) in [6.45, 7) is 13.9. The van der Waals surface area contributed by atoms with Crippen LogP contribution in [-0.4, -0.2) is 3.21 Å². The van der Waals surface area contributed by atoms with Crippen LogP contribution in [0.2, 0.25) is 0 Å². The van der Waals surface area contributed by atoms with E-state index in [1.54, 1.807) is 24.2 Å². The molecule has 0 saturated heterocycles. The molecule has 278 valence electrons. The van der Waals surface area contributed by atoms with Crippen LogP contribution in [0.3, 0.4) is 0 Å². The van der Waals surface area contributed by atoms with Gasteiger partial charge in [-0.3, -0.25) is 0 Å². The summed E-state index contributed by atoms with van der Waals surface area (Å²) < 4.78 is 1.90. The van der Waals surface area contributed by atoms with Gasteiger partial charge in [-0.15, -0.1) is 28.8 Å². The van der Waals surface area contributed by atoms with Gasteiger partial charge >= 0.3 is 103 Å². The Morgan fingerprint density at radius 2 is 1.11 bits per heavy atom. The Kier molecular flexibility index (Phi) is 14.7. The topological polar surface area (TPSA) is 0 Å². The predicted octanol–water partition coefficient (Wildman–Crippen LogP) is 11.3. The summed E-state index contributed by atoms with van der Waals surface area (Å²) in [6, 6.07) is 42.8. The average Bonchev–Trinajstić information content (AvgIpc) is 3.97. The van der Waals surface area contributed by atoms with Crippen molar-refractivity contribution in [3.8, 4) is 33.4 Å². The quantitative estimate of drug-likeness (QED) is 0.147. The Balaban J connectivity index is 0.000000222. The molecule has 0 heterocycles. The number of hydrogen-bond acceptors (Lipinski definition) is 0. The Morgan fingerprint density at radius 1 is 0.623 bits per heavy atom. The average molecular weight is 800 g/mol. The summed E-state index contributed by atoms with van der Waals surface area (Å²) in [7, 11) is 0. The maximum Gasteiger partial charge on any atom is -0.172 e. The fourth-order valence-electron chi connectivity index (χ4n) is 8.63. The van der Waals surface area contributed by atoms with Crippen LogP contribution in [0.15, 0.2) is 109 Å². The number of rotatable bonds is 6. The first-order valence-corrected chi connectivity index (χ1v) is 21.3. The van der Waals surface area contributed by atoms with Gasteiger partial charge in [0.2, 0.25) is 0 Å². The summed E-state index contributed by atoms with van der Waals surface area (Å²) in [5, 5.41) is 0. The zero-order chi connectivity index (χ0) is 36.7. The monoisotopic (exact) mass is 797 g/mol. The molecule has 3 aliphatic rings. The molecular formula is C51H60ClZr-3. The van der Waals surface area contributed by atoms with Crippen molar-refractivity contribution >= 4 is 3.21 Å². The predicted molar refractivity (Wildman–Crippen MR) is 222 cm³/mol. The molecule has 0 aliphatic heterocycles. The van der Waals surface area contributed by atoms with Crippen molar-refractivity contribution in [2.45, 2.75) is 123 Å². The van der Waals surface area contributed by atoms with Gasteiger partial charge in [0.05, 0.1) is 0 Å². The number of benzene rings is 4. The van der Waals surface area contributed by atoms with E-state index in [0.29, 0.717) is 0 Å². The van der Waals surface area contributed by atoms with Crippen molar-refractivity contribution < 1.29 is 36.6 Å². The molecule has 0 aromatic heterocycles. The molecule has 0 N–H and O–H groups in total. The largest absolute Gasteiger partial charge is 0.214 e. The van der Waals surface area contributed by atoms with Crippen LogP contribution < -0.4 is 12.4 Å². The molecule has 0 radical (unpaired) electrons. The van der Waals surface area contributed by atoms with E-state index in [2.05, 4.69) is 126 Å². The van der Waals surface area contributed by atoms with E-state index >= 15 is 0 Å². The van der Waals surface area contributed by atoms with E-state index in [4.69, 9.17) is 0 Å². The first-order chi connectivity index (χ1) is 25.0. The molecule has 0 spiro atoms. The van der Waals surface area contributed by atoms with Crippen molar-refractivity contribution in [2.24, 2.45) is 11.8 Å². The van der Waals surface area contributed by atoms with Crippen molar-refractivity contribution in [1.29, 1.82) is 0 Å². The minimum Gasteiger partial charge on any atom is -0.214 e. The maximum absolute atomic E-state index is 3.88. The van der Waals surface area contributed by atoms with Crippen LogP contribution >= 0.6 is 0 Å². The standard InChI is InChI=1S/C33H33.C13H22.C5H5.ClH.Zr/c1-32(2,3)30-20-26-24(18-28(30)22-13-9-7-10-14-22)17-25-19-29(23-15-11-8-12-16-23)31(21-27(25)26)33(4,5)6;1-2-7-12(6-1)10-5-11-13-8-3-4-9-13;1-2-4-5-3-1;;/h7-16,18,20-21H,17H2,1-6H3;12-13H,1-4,6-11H2;1-5H;1H;/q-1;;-1;;/p-1. The third kappa shape index (κ3) is 11.0. The fraction of sp³-hybridized carbons (Fsp3) is 0.412. The van der Waals surface area contributed by atoms with Gasteiger partial charge in [0.25, 0.3) is 0 Å². The van der Waals surface area contributed by atoms with Crippen LogP contribution in [-0.2, 0) is 41.5 Å². The zero-order valence-corrected chi connectivity index (χ0v) is 36.4. The minimum atomic E-state index is 0. The van der Waals surface area contributed by atoms with Crippen molar-refractivity contribution in [2.75, 3.05) is 0 Å². The molecule has 0 nitrogen and oxygen atoms in total. The molecule has 8 rings (SSSR count). The molecule has 2 heteroatoms. The van der Waals surface area contributed by atoms with Crippen LogP contribution in [0, 0.1) is 17.9 Å². The Morgan fingerprint density at radius 3 is 1.58 bits per heavy atom. The van der Waals surface area contributed by atoms with E-state index in [1.807, 2.05) is 33.5 Å². The van der Waals surface area contributed by atoms with E-state index in [1.165, 1.54) is 120 Å². The summed E-state index contributed by atoms with van der Waals surface area (Å²) in [6.07, 6.45) is 16.1. The minimum absolute atomic E-state index is 0. The van der Waals surface area contributed by atoms with Gasteiger partial charge in [-0.25, -0.2) is 12.1 Å². The van der Waals surface area contributed by atoms with Gasteiger partial charge in [-0.1, -0.05) is 131 Å². The molecule has 0 bridgehead atoms. The van der Waals surface area contributed by atoms with Crippen molar-refractivity contribution in [3.05, 3.63) is 138 Å². The van der Waals surface area contributed by atoms with Gasteiger partial charge in [-0.05, 0) is 39.5 Å². The van der Waals surface area contributed by atoms with Crippen LogP contribution in [0.25, 0.3) is 33.4 Å². The number of hydrogen-bond donors (Lipinski definition) is 0. The molecule has 0 amide bonds. The Hall–Kier alpha value is -2.73. The summed E-state index contributed by atoms with van der Waals surface area (Å²) in [5.74, 6) is 2.18. The first-order valence-electron chi connectivity index (χ1n) is 20.1. The van der Waals surface area contributed by atoms with Gasteiger partial charge in [0.1, 0.15) is 0 Å². The molecule has 0 atom stereocenters. The fourth-order valence-corrected chi connectivity index (χ4v) is 10.1. The third-order valence-corrected chi connectivity index (χ3v) is 12.4. The number of fused-ring (bicyclic) bond motifs is 3. The molecule has 5 aromatic rings. The van der Waals surface area contributed by atoms with Crippen LogP contribution in [0.1, 0.15) is 128 Å². The molecule has 2 saturated carbocycles. The number of halogens is 1. The molecular weight excluding hydrogens is 739 g/mol. The van der Waals surface area contributed by atoms with Gasteiger partial charge in [0.15, 0.2) is 0 Å². The van der Waals surface area contributed by atoms with Crippen molar-refractivity contribution in [3.63, 3.8) is 0 Å². The zero-order valence-electron chi connectivity index (χ0n) is 33.2. The Bertz CT molecular complexity index is 1730. The molecule has 2 fully saturated rings. The van der Waals surface area contributed by atoms with E-state index in [-0.39, 0.29) is 23.2 Å².